The van der Waals surface area contributed by atoms with E-state index in [1.807, 2.05) is 0 Å². The van der Waals surface area contributed by atoms with Crippen LogP contribution in [0.1, 0.15) is 21.5 Å². The molecule has 4 rings (SSSR count). The molecule has 0 radical (unpaired) electrons. The minimum Gasteiger partial charge on any atom is -0.366 e. The van der Waals surface area contributed by atoms with E-state index in [0.717, 1.165) is 24.3 Å². The van der Waals surface area contributed by atoms with Crippen LogP contribution >= 0.6 is 0 Å². The molecule has 1 aromatic heterocycles. The van der Waals surface area contributed by atoms with Crippen LogP contribution in [0.15, 0.2) is 54.6 Å². The van der Waals surface area contributed by atoms with Gasteiger partial charge < -0.3 is 10.3 Å². The Morgan fingerprint density at radius 2 is 1.62 bits per heavy atom. The van der Waals surface area contributed by atoms with Crippen molar-refractivity contribution in [2.45, 2.75) is 12.7 Å². The lowest BCUT2D eigenvalue weighted by Gasteiger charge is -2.10. The number of hydrogen-bond donors (Lipinski definition) is 1. The van der Waals surface area contributed by atoms with Gasteiger partial charge in [0.15, 0.2) is 0 Å². The molecule has 29 heavy (non-hydrogen) atoms. The summed E-state index contributed by atoms with van der Waals surface area (Å²) in [5.74, 6) is -2.32. The van der Waals surface area contributed by atoms with Crippen LogP contribution in [0.25, 0.3) is 21.8 Å². The highest BCUT2D eigenvalue weighted by atomic mass is 19.4. The number of nitrogens with two attached hydrogens (primary N) is 1. The first-order valence-corrected chi connectivity index (χ1v) is 8.52. The largest absolute Gasteiger partial charge is 0.416 e. The van der Waals surface area contributed by atoms with Gasteiger partial charge in [0.25, 0.3) is 0 Å². The molecule has 1 heterocycles. The Labute approximate surface area is 161 Å². The summed E-state index contributed by atoms with van der Waals surface area (Å²) >= 11 is 0. The van der Waals surface area contributed by atoms with Crippen molar-refractivity contribution < 1.29 is 26.7 Å². The van der Waals surface area contributed by atoms with E-state index in [1.165, 1.54) is 16.7 Å². The molecule has 0 aliphatic carbocycles. The zero-order valence-electron chi connectivity index (χ0n) is 14.7. The van der Waals surface area contributed by atoms with Gasteiger partial charge in [-0.05, 0) is 42.0 Å². The van der Waals surface area contributed by atoms with Crippen molar-refractivity contribution in [3.63, 3.8) is 0 Å². The molecule has 0 unspecified atom stereocenters. The van der Waals surface area contributed by atoms with Gasteiger partial charge in [-0.25, -0.2) is 8.78 Å². The molecule has 0 aliphatic heterocycles. The molecule has 0 aliphatic rings. The van der Waals surface area contributed by atoms with Crippen molar-refractivity contribution >= 4 is 27.7 Å². The first kappa shape index (κ1) is 18.9. The fraction of sp³-hybridized carbons (Fsp3) is 0.0952. The molecule has 148 valence electrons. The lowest BCUT2D eigenvalue weighted by Crippen LogP contribution is -2.11. The van der Waals surface area contributed by atoms with Crippen molar-refractivity contribution in [3.8, 4) is 0 Å². The second-order valence-corrected chi connectivity index (χ2v) is 6.66. The Morgan fingerprint density at radius 1 is 0.931 bits per heavy atom. The Hall–Kier alpha value is -3.42. The van der Waals surface area contributed by atoms with Crippen LogP contribution < -0.4 is 5.73 Å². The third kappa shape index (κ3) is 3.30. The van der Waals surface area contributed by atoms with Gasteiger partial charge in [-0.15, -0.1) is 0 Å². The van der Waals surface area contributed by atoms with E-state index in [1.54, 1.807) is 12.1 Å². The highest BCUT2D eigenvalue weighted by Crippen LogP contribution is 2.37. The smallest absolute Gasteiger partial charge is 0.366 e. The number of carbonyl (C=O) groups is 1. The van der Waals surface area contributed by atoms with Crippen LogP contribution in [0, 0.1) is 11.6 Å². The maximum atomic E-state index is 13.6. The summed E-state index contributed by atoms with van der Waals surface area (Å²) in [5, 5.41) is 0.778. The second kappa shape index (κ2) is 6.58. The topological polar surface area (TPSA) is 48.0 Å². The number of carbonyl (C=O) groups excluding carboxylic acids is 1. The Bertz CT molecular complexity index is 1250. The van der Waals surface area contributed by atoms with Crippen molar-refractivity contribution in [3.05, 3.63) is 82.9 Å². The van der Waals surface area contributed by atoms with Crippen LogP contribution in [-0.4, -0.2) is 10.5 Å². The molecule has 1 amide bonds. The number of amides is 1. The first-order valence-electron chi connectivity index (χ1n) is 8.52. The van der Waals surface area contributed by atoms with Crippen LogP contribution in [-0.2, 0) is 12.7 Å². The Kier molecular flexibility index (Phi) is 4.29. The van der Waals surface area contributed by atoms with Crippen LogP contribution in [0.4, 0.5) is 22.0 Å². The van der Waals surface area contributed by atoms with Gasteiger partial charge in [-0.3, -0.25) is 4.79 Å². The van der Waals surface area contributed by atoms with Crippen molar-refractivity contribution in [1.82, 2.24) is 4.57 Å². The molecule has 0 saturated carbocycles. The van der Waals surface area contributed by atoms with E-state index in [4.69, 9.17) is 5.73 Å². The van der Waals surface area contributed by atoms with E-state index in [0.29, 0.717) is 22.4 Å². The lowest BCUT2D eigenvalue weighted by atomic mass is 10.0. The number of primary amides is 1. The standard InChI is InChI=1S/C21H13F5N2O/c22-13-6-11(7-14(23)9-13)10-28-17-3-1-2-16(20(27)29)19(17)15-5-4-12(8-18(15)28)21(24,25)26/h1-9H,10H2,(H2,27,29). The van der Waals surface area contributed by atoms with Gasteiger partial charge in [0, 0.05) is 28.9 Å². The third-order valence-electron chi connectivity index (χ3n) is 4.75. The Balaban J connectivity index is 2.06. The lowest BCUT2D eigenvalue weighted by molar-refractivity contribution is -0.137. The van der Waals surface area contributed by atoms with Crippen molar-refractivity contribution in [2.24, 2.45) is 5.73 Å². The molecule has 2 N–H and O–H groups in total. The van der Waals surface area contributed by atoms with Crippen molar-refractivity contribution in [1.29, 1.82) is 0 Å². The summed E-state index contributed by atoms with van der Waals surface area (Å²) in [4.78, 5) is 11.9. The summed E-state index contributed by atoms with van der Waals surface area (Å²) in [6.07, 6.45) is -4.58. The van der Waals surface area contributed by atoms with E-state index >= 15 is 0 Å². The first-order chi connectivity index (χ1) is 13.6. The minimum absolute atomic E-state index is 0.0990. The van der Waals surface area contributed by atoms with Crippen LogP contribution in [0.3, 0.4) is 0 Å². The zero-order valence-corrected chi connectivity index (χ0v) is 14.7. The molecule has 0 fully saturated rings. The maximum Gasteiger partial charge on any atom is 0.416 e. The Morgan fingerprint density at radius 3 is 2.24 bits per heavy atom. The normalized spacial score (nSPS) is 12.0. The summed E-state index contributed by atoms with van der Waals surface area (Å²) in [7, 11) is 0. The van der Waals surface area contributed by atoms with E-state index in [9.17, 15) is 26.7 Å². The second-order valence-electron chi connectivity index (χ2n) is 6.66. The fourth-order valence-corrected chi connectivity index (χ4v) is 3.58. The van der Waals surface area contributed by atoms with Gasteiger partial charge in [0.2, 0.25) is 5.91 Å². The summed E-state index contributed by atoms with van der Waals surface area (Å²) in [5.41, 5.74) is 5.55. The summed E-state index contributed by atoms with van der Waals surface area (Å²) < 4.78 is 68.5. The molecule has 0 bridgehead atoms. The number of fused-ring (bicyclic) bond motifs is 3. The predicted molar refractivity (Wildman–Crippen MR) is 98.4 cm³/mol. The molecule has 3 aromatic carbocycles. The predicted octanol–water partition coefficient (Wildman–Crippen LogP) is 5.24. The van der Waals surface area contributed by atoms with E-state index < -0.39 is 29.3 Å². The molecular weight excluding hydrogens is 391 g/mol. The van der Waals surface area contributed by atoms with Gasteiger partial charge in [0.05, 0.1) is 16.6 Å². The minimum atomic E-state index is -4.58. The monoisotopic (exact) mass is 404 g/mol. The van der Waals surface area contributed by atoms with Crippen LogP contribution in [0.2, 0.25) is 0 Å². The molecule has 4 aromatic rings. The average Bonchev–Trinajstić information content (AvgIpc) is 2.93. The zero-order chi connectivity index (χ0) is 20.9. The number of nitrogens with zero attached hydrogens (tertiary/aromatic N) is 1. The maximum absolute atomic E-state index is 13.6. The third-order valence-corrected chi connectivity index (χ3v) is 4.75. The highest BCUT2D eigenvalue weighted by molar-refractivity contribution is 6.18. The van der Waals surface area contributed by atoms with Crippen LogP contribution in [0.5, 0.6) is 0 Å². The van der Waals surface area contributed by atoms with E-state index in [-0.39, 0.29) is 23.2 Å². The van der Waals surface area contributed by atoms with E-state index in [2.05, 4.69) is 0 Å². The quantitative estimate of drug-likeness (QED) is 0.467. The van der Waals surface area contributed by atoms with Gasteiger partial charge in [0.1, 0.15) is 11.6 Å². The number of halogens is 5. The van der Waals surface area contributed by atoms with Gasteiger partial charge in [-0.2, -0.15) is 13.2 Å². The molecule has 0 spiro atoms. The van der Waals surface area contributed by atoms with Gasteiger partial charge in [-0.1, -0.05) is 12.1 Å². The number of hydrogen-bond acceptors (Lipinski definition) is 1. The molecule has 0 saturated heterocycles. The molecule has 3 nitrogen and oxygen atoms in total. The SMILES string of the molecule is NC(=O)c1cccc2c1c1ccc(C(F)(F)F)cc1n2Cc1cc(F)cc(F)c1. The average molecular weight is 404 g/mol. The highest BCUT2D eigenvalue weighted by Gasteiger charge is 2.31. The fourth-order valence-electron chi connectivity index (χ4n) is 3.58. The molecular formula is C21H13F5N2O. The van der Waals surface area contributed by atoms with Gasteiger partial charge >= 0.3 is 6.18 Å². The number of rotatable bonds is 3. The number of benzene rings is 3. The summed E-state index contributed by atoms with van der Waals surface area (Å²) in [6.45, 7) is -0.0990. The number of aromatic nitrogens is 1. The molecule has 8 heteroatoms. The van der Waals surface area contributed by atoms with Crippen molar-refractivity contribution in [2.75, 3.05) is 0 Å². The number of alkyl halides is 3. The molecule has 0 atom stereocenters. The summed E-state index contributed by atoms with van der Waals surface area (Å²) in [6, 6.07) is 10.7.